The van der Waals surface area contributed by atoms with Crippen LogP contribution in [0, 0.1) is 0 Å². The van der Waals surface area contributed by atoms with E-state index in [4.69, 9.17) is 17.3 Å². The molecule has 1 amide bonds. The number of anilines is 1. The van der Waals surface area contributed by atoms with Gasteiger partial charge in [-0.1, -0.05) is 30.9 Å². The van der Waals surface area contributed by atoms with Crippen molar-refractivity contribution in [3.63, 3.8) is 0 Å². The number of carbonyl (C=O) groups excluding carboxylic acids is 1. The number of hydrogen-bond acceptors (Lipinski definition) is 2. The van der Waals surface area contributed by atoms with E-state index < -0.39 is 0 Å². The molecule has 2 N–H and O–H groups in total. The molecule has 1 aromatic carbocycles. The Morgan fingerprint density at radius 2 is 2.00 bits per heavy atom. The van der Waals surface area contributed by atoms with E-state index in [1.807, 2.05) is 11.8 Å². The van der Waals surface area contributed by atoms with Gasteiger partial charge in [0.05, 0.1) is 10.6 Å². The first kappa shape index (κ1) is 17.1. The largest absolute Gasteiger partial charge is 0.399 e. The zero-order chi connectivity index (χ0) is 13.8. The van der Waals surface area contributed by atoms with Gasteiger partial charge in [-0.3, -0.25) is 4.79 Å². The second kappa shape index (κ2) is 7.75. The van der Waals surface area contributed by atoms with E-state index in [2.05, 4.69) is 0 Å². The summed E-state index contributed by atoms with van der Waals surface area (Å²) in [6.45, 7) is 2.75. The minimum Gasteiger partial charge on any atom is -0.399 e. The van der Waals surface area contributed by atoms with Crippen molar-refractivity contribution < 1.29 is 4.79 Å². The lowest BCUT2D eigenvalue weighted by Crippen LogP contribution is -2.41. The van der Waals surface area contributed by atoms with Crippen LogP contribution in [0.25, 0.3) is 0 Å². The first-order valence-corrected chi connectivity index (χ1v) is 7.37. The van der Waals surface area contributed by atoms with Gasteiger partial charge in [-0.25, -0.2) is 0 Å². The summed E-state index contributed by atoms with van der Waals surface area (Å²) < 4.78 is 0. The highest BCUT2D eigenvalue weighted by atomic mass is 35.5. The number of hydrogen-bond donors (Lipinski definition) is 1. The molecule has 1 aliphatic carbocycles. The monoisotopic (exact) mass is 316 g/mol. The smallest absolute Gasteiger partial charge is 0.255 e. The highest BCUT2D eigenvalue weighted by Gasteiger charge is 2.26. The Labute approximate surface area is 131 Å². The van der Waals surface area contributed by atoms with Gasteiger partial charge in [0.1, 0.15) is 0 Å². The summed E-state index contributed by atoms with van der Waals surface area (Å²) in [6, 6.07) is 5.46. The van der Waals surface area contributed by atoms with E-state index in [-0.39, 0.29) is 18.3 Å². The Bertz CT molecular complexity index is 459. The summed E-state index contributed by atoms with van der Waals surface area (Å²) in [6.07, 6.45) is 5.91. The Hall–Kier alpha value is -0.930. The Morgan fingerprint density at radius 3 is 2.55 bits per heavy atom. The molecule has 0 aromatic heterocycles. The number of rotatable bonds is 3. The van der Waals surface area contributed by atoms with Crippen LogP contribution < -0.4 is 5.73 Å². The second-order valence-corrected chi connectivity index (χ2v) is 5.53. The number of benzene rings is 1. The van der Waals surface area contributed by atoms with Crippen LogP contribution in [-0.2, 0) is 0 Å². The van der Waals surface area contributed by atoms with Crippen LogP contribution in [0.5, 0.6) is 0 Å². The number of nitrogens with zero attached hydrogens (tertiary/aromatic N) is 1. The molecule has 1 aliphatic rings. The topological polar surface area (TPSA) is 46.3 Å². The molecule has 1 aromatic rings. The van der Waals surface area contributed by atoms with E-state index in [0.29, 0.717) is 22.3 Å². The quantitative estimate of drug-likeness (QED) is 0.852. The van der Waals surface area contributed by atoms with Crippen LogP contribution in [0.2, 0.25) is 5.02 Å². The van der Waals surface area contributed by atoms with Gasteiger partial charge in [0.15, 0.2) is 0 Å². The molecule has 3 nitrogen and oxygen atoms in total. The van der Waals surface area contributed by atoms with Gasteiger partial charge in [-0.05, 0) is 38.0 Å². The molecule has 1 fully saturated rings. The SMILES string of the molecule is CCN(C(=O)c1ccc(N)cc1Cl)C1CCCCC1.Cl. The van der Waals surface area contributed by atoms with Crippen molar-refractivity contribution in [1.82, 2.24) is 4.90 Å². The van der Waals surface area contributed by atoms with Crippen molar-refractivity contribution in [1.29, 1.82) is 0 Å². The molecule has 0 aliphatic heterocycles. The highest BCUT2D eigenvalue weighted by Crippen LogP contribution is 2.26. The summed E-state index contributed by atoms with van der Waals surface area (Å²) in [5.74, 6) is 0.0272. The van der Waals surface area contributed by atoms with Gasteiger partial charge in [-0.15, -0.1) is 12.4 Å². The van der Waals surface area contributed by atoms with Crippen molar-refractivity contribution >= 4 is 35.6 Å². The van der Waals surface area contributed by atoms with Crippen LogP contribution in [-0.4, -0.2) is 23.4 Å². The van der Waals surface area contributed by atoms with E-state index in [0.717, 1.165) is 19.4 Å². The molecule has 0 radical (unpaired) electrons. The normalized spacial score (nSPS) is 15.5. The summed E-state index contributed by atoms with van der Waals surface area (Å²) in [5.41, 5.74) is 6.81. The zero-order valence-corrected chi connectivity index (χ0v) is 13.3. The molecule has 0 bridgehead atoms. The second-order valence-electron chi connectivity index (χ2n) is 5.12. The zero-order valence-electron chi connectivity index (χ0n) is 11.8. The molecule has 1 saturated carbocycles. The number of halogens is 2. The van der Waals surface area contributed by atoms with E-state index >= 15 is 0 Å². The van der Waals surface area contributed by atoms with Gasteiger partial charge in [-0.2, -0.15) is 0 Å². The molecular formula is C15H22Cl2N2O. The predicted octanol–water partition coefficient (Wildman–Crippen LogP) is 4.14. The molecule has 0 atom stereocenters. The van der Waals surface area contributed by atoms with Crippen LogP contribution in [0.4, 0.5) is 5.69 Å². The number of carbonyl (C=O) groups is 1. The molecule has 112 valence electrons. The van der Waals surface area contributed by atoms with Gasteiger partial charge in [0, 0.05) is 18.3 Å². The highest BCUT2D eigenvalue weighted by molar-refractivity contribution is 6.34. The Morgan fingerprint density at radius 1 is 1.35 bits per heavy atom. The number of nitrogen functional groups attached to an aromatic ring is 1. The molecule has 0 heterocycles. The minimum atomic E-state index is 0. The molecule has 0 spiro atoms. The van der Waals surface area contributed by atoms with Gasteiger partial charge in [0.2, 0.25) is 0 Å². The van der Waals surface area contributed by atoms with E-state index in [9.17, 15) is 4.79 Å². The summed E-state index contributed by atoms with van der Waals surface area (Å²) in [7, 11) is 0. The fourth-order valence-corrected chi connectivity index (χ4v) is 3.09. The van der Waals surface area contributed by atoms with Crippen LogP contribution in [0.1, 0.15) is 49.4 Å². The fourth-order valence-electron chi connectivity index (χ4n) is 2.82. The van der Waals surface area contributed by atoms with Crippen molar-refractivity contribution in [3.8, 4) is 0 Å². The lowest BCUT2D eigenvalue weighted by molar-refractivity contribution is 0.0648. The molecular weight excluding hydrogens is 295 g/mol. The maximum atomic E-state index is 12.6. The van der Waals surface area contributed by atoms with Gasteiger partial charge < -0.3 is 10.6 Å². The van der Waals surface area contributed by atoms with Crippen LogP contribution in [0.15, 0.2) is 18.2 Å². The summed E-state index contributed by atoms with van der Waals surface area (Å²) in [5, 5.41) is 0.444. The van der Waals surface area contributed by atoms with Gasteiger partial charge in [0.25, 0.3) is 5.91 Å². The van der Waals surface area contributed by atoms with E-state index in [1.165, 1.54) is 19.3 Å². The minimum absolute atomic E-state index is 0. The Balaban J connectivity index is 0.00000200. The summed E-state index contributed by atoms with van der Waals surface area (Å²) in [4.78, 5) is 14.6. The third kappa shape index (κ3) is 3.80. The predicted molar refractivity (Wildman–Crippen MR) is 86.7 cm³/mol. The molecule has 20 heavy (non-hydrogen) atoms. The molecule has 0 saturated heterocycles. The third-order valence-electron chi connectivity index (χ3n) is 3.84. The summed E-state index contributed by atoms with van der Waals surface area (Å²) >= 11 is 6.14. The van der Waals surface area contributed by atoms with Crippen molar-refractivity contribution in [2.75, 3.05) is 12.3 Å². The fraction of sp³-hybridized carbons (Fsp3) is 0.533. The van der Waals surface area contributed by atoms with Crippen molar-refractivity contribution in [2.45, 2.75) is 45.1 Å². The average Bonchev–Trinajstić information content (AvgIpc) is 2.40. The van der Waals surface area contributed by atoms with Gasteiger partial charge >= 0.3 is 0 Å². The van der Waals surface area contributed by atoms with Crippen LogP contribution >= 0.6 is 24.0 Å². The van der Waals surface area contributed by atoms with Crippen LogP contribution in [0.3, 0.4) is 0 Å². The molecule has 2 rings (SSSR count). The Kier molecular flexibility index (Phi) is 6.63. The average molecular weight is 317 g/mol. The lowest BCUT2D eigenvalue weighted by atomic mass is 9.93. The number of amides is 1. The lowest BCUT2D eigenvalue weighted by Gasteiger charge is -2.33. The van der Waals surface area contributed by atoms with E-state index in [1.54, 1.807) is 18.2 Å². The van der Waals surface area contributed by atoms with Crippen molar-refractivity contribution in [2.24, 2.45) is 0 Å². The molecule has 5 heteroatoms. The first-order valence-electron chi connectivity index (χ1n) is 6.99. The maximum absolute atomic E-state index is 12.6. The van der Waals surface area contributed by atoms with Crippen molar-refractivity contribution in [3.05, 3.63) is 28.8 Å². The standard InChI is InChI=1S/C15H21ClN2O.ClH/c1-2-18(12-6-4-3-5-7-12)15(19)13-9-8-11(17)10-14(13)16;/h8-10,12H,2-7,17H2,1H3;1H. The molecule has 0 unspecified atom stereocenters. The maximum Gasteiger partial charge on any atom is 0.255 e. The number of nitrogens with two attached hydrogens (primary N) is 1. The third-order valence-corrected chi connectivity index (χ3v) is 4.15. The first-order chi connectivity index (χ1) is 9.13.